The van der Waals surface area contributed by atoms with Crippen LogP contribution < -0.4 is 16.1 Å². The number of aliphatic carboxylic acids is 1. The van der Waals surface area contributed by atoms with Crippen molar-refractivity contribution >= 4 is 98.6 Å². The summed E-state index contributed by atoms with van der Waals surface area (Å²) in [7, 11) is -8.12. The molecule has 2 aliphatic heterocycles. The summed E-state index contributed by atoms with van der Waals surface area (Å²) < 4.78 is 57.5. The number of carbonyl (C=O) groups excluding carboxylic acids is 5. The standard InChI is InChI=1S/C20H26N4O6S2.C20H25N3O6S2/c1-13(2)9-16(19(26)22-28)24(7-6-23-18(25)11-21-20(23)27)32(29,30)12-14-3-4-17-15(10-14)5-8-31-17;1-13(2)9-16(19(25)26)23(7-6-22-18(24)11-21-20(22)27)31(28,29)12-14-3-4-17-15(10-14)5-8-30-17/h3-5,8,10,13,16,28H,6-7,9,11-12H2,1-2H3,(H,21,27)(H,22,26);3-5,8,10,13,16H,6-7,9,11-12H2,1-2H3,(H,21,27)(H,25,26)/t2*16-/m11/s1. The van der Waals surface area contributed by atoms with E-state index < -0.39 is 67.9 Å². The fraction of sp³-hybridized carbons (Fsp3) is 0.450. The number of sulfonamides is 2. The van der Waals surface area contributed by atoms with Gasteiger partial charge >= 0.3 is 18.0 Å². The topological polar surface area (TPSA) is 260 Å². The van der Waals surface area contributed by atoms with Crippen LogP contribution in [0.3, 0.4) is 0 Å². The van der Waals surface area contributed by atoms with Gasteiger partial charge in [0.15, 0.2) is 0 Å². The van der Waals surface area contributed by atoms with Gasteiger partial charge in [-0.25, -0.2) is 31.9 Å². The normalized spacial score (nSPS) is 15.7. The Bertz CT molecular complexity index is 2530. The van der Waals surface area contributed by atoms with Crippen LogP contribution in [0.5, 0.6) is 0 Å². The zero-order chi connectivity index (χ0) is 46.2. The highest BCUT2D eigenvalue weighted by Gasteiger charge is 2.39. The maximum Gasteiger partial charge on any atom is 0.324 e. The molecule has 2 aromatic heterocycles. The minimum Gasteiger partial charge on any atom is -0.480 e. The maximum absolute atomic E-state index is 13.4. The highest BCUT2D eigenvalue weighted by molar-refractivity contribution is 7.88. The second-order valence-electron chi connectivity index (χ2n) is 15.8. The van der Waals surface area contributed by atoms with E-state index in [1.54, 1.807) is 52.4 Å². The number of hydroxylamine groups is 1. The number of carboxylic acid groups (broad SMARTS) is 1. The molecule has 4 heterocycles. The zero-order valence-electron chi connectivity index (χ0n) is 35.1. The smallest absolute Gasteiger partial charge is 0.324 e. The number of thiophene rings is 2. The van der Waals surface area contributed by atoms with Crippen LogP contribution in [-0.2, 0) is 50.7 Å². The van der Waals surface area contributed by atoms with E-state index in [0.717, 1.165) is 38.6 Å². The van der Waals surface area contributed by atoms with Crippen LogP contribution in [0.25, 0.3) is 20.2 Å². The lowest BCUT2D eigenvalue weighted by Gasteiger charge is -2.31. The van der Waals surface area contributed by atoms with E-state index in [2.05, 4.69) is 10.6 Å². The van der Waals surface area contributed by atoms with Gasteiger partial charge in [0.25, 0.3) is 5.91 Å². The van der Waals surface area contributed by atoms with E-state index in [4.69, 9.17) is 0 Å². The number of fused-ring (bicyclic) bond motifs is 2. The minimum atomic E-state index is -4.06. The Labute approximate surface area is 373 Å². The van der Waals surface area contributed by atoms with E-state index in [-0.39, 0.29) is 75.5 Å². The van der Waals surface area contributed by atoms with Crippen molar-refractivity contribution in [2.75, 3.05) is 39.3 Å². The molecule has 19 nitrogen and oxygen atoms in total. The van der Waals surface area contributed by atoms with E-state index in [9.17, 15) is 55.9 Å². The van der Waals surface area contributed by atoms with Crippen LogP contribution in [0.1, 0.15) is 51.7 Å². The third-order valence-corrected chi connectivity index (χ3v) is 15.7. The van der Waals surface area contributed by atoms with Crippen molar-refractivity contribution in [2.45, 2.75) is 64.1 Å². The molecule has 342 valence electrons. The molecule has 4 aromatic rings. The predicted molar refractivity (Wildman–Crippen MR) is 237 cm³/mol. The summed E-state index contributed by atoms with van der Waals surface area (Å²) in [6, 6.07) is 10.7. The summed E-state index contributed by atoms with van der Waals surface area (Å²) in [6.45, 7) is 5.98. The van der Waals surface area contributed by atoms with Crippen molar-refractivity contribution < 1.29 is 55.9 Å². The average molecular weight is 950 g/mol. The number of urea groups is 2. The highest BCUT2D eigenvalue weighted by atomic mass is 32.2. The van der Waals surface area contributed by atoms with Crippen molar-refractivity contribution in [3.63, 3.8) is 0 Å². The van der Waals surface area contributed by atoms with Crippen molar-refractivity contribution in [1.82, 2.24) is 34.5 Å². The Kier molecular flexibility index (Phi) is 16.4. The van der Waals surface area contributed by atoms with Crippen LogP contribution in [-0.4, -0.2) is 133 Å². The molecule has 6 rings (SSSR count). The first-order chi connectivity index (χ1) is 29.7. The summed E-state index contributed by atoms with van der Waals surface area (Å²) in [5.74, 6) is -3.95. The van der Waals surface area contributed by atoms with Crippen LogP contribution in [0, 0.1) is 11.8 Å². The number of imide groups is 2. The monoisotopic (exact) mass is 949 g/mol. The number of carboxylic acids is 1. The molecule has 2 saturated heterocycles. The van der Waals surface area contributed by atoms with Crippen LogP contribution in [0.4, 0.5) is 9.59 Å². The number of nitrogens with zero attached hydrogens (tertiary/aromatic N) is 4. The number of amides is 7. The molecule has 0 radical (unpaired) electrons. The van der Waals surface area contributed by atoms with Gasteiger partial charge in [0.1, 0.15) is 12.1 Å². The van der Waals surface area contributed by atoms with Gasteiger partial charge in [0.2, 0.25) is 31.9 Å². The molecule has 0 saturated carbocycles. The first kappa shape index (κ1) is 49.0. The third kappa shape index (κ3) is 12.6. The summed E-state index contributed by atoms with van der Waals surface area (Å²) in [4.78, 5) is 73.8. The Balaban J connectivity index is 0.000000238. The van der Waals surface area contributed by atoms with E-state index in [1.807, 2.05) is 62.7 Å². The fourth-order valence-electron chi connectivity index (χ4n) is 7.20. The van der Waals surface area contributed by atoms with Crippen molar-refractivity contribution in [2.24, 2.45) is 11.8 Å². The van der Waals surface area contributed by atoms with Crippen LogP contribution in [0.2, 0.25) is 0 Å². The van der Waals surface area contributed by atoms with Gasteiger partial charge in [0.05, 0.1) is 24.6 Å². The fourth-order valence-corrected chi connectivity index (χ4v) is 12.1. The first-order valence-electron chi connectivity index (χ1n) is 19.9. The quantitative estimate of drug-likeness (QED) is 0.0484. The van der Waals surface area contributed by atoms with Crippen molar-refractivity contribution in [3.8, 4) is 0 Å². The van der Waals surface area contributed by atoms with Gasteiger partial charge in [-0.05, 0) is 93.7 Å². The molecule has 5 N–H and O–H groups in total. The Morgan fingerprint density at radius 3 is 1.48 bits per heavy atom. The molecule has 0 unspecified atom stereocenters. The lowest BCUT2D eigenvalue weighted by Crippen LogP contribution is -2.52. The number of benzene rings is 2. The van der Waals surface area contributed by atoms with Crippen LogP contribution in [0.15, 0.2) is 59.3 Å². The minimum absolute atomic E-state index is 0.0612. The summed E-state index contributed by atoms with van der Waals surface area (Å²) in [5, 5.41) is 29.4. The zero-order valence-corrected chi connectivity index (χ0v) is 38.3. The molecular formula is C40H51N7O12S4. The molecule has 0 spiro atoms. The molecule has 7 amide bonds. The van der Waals surface area contributed by atoms with Gasteiger partial charge in [-0.2, -0.15) is 8.61 Å². The molecular weight excluding hydrogens is 899 g/mol. The number of carbonyl (C=O) groups is 6. The van der Waals surface area contributed by atoms with Gasteiger partial charge in [0, 0.05) is 35.6 Å². The number of rotatable bonds is 20. The van der Waals surface area contributed by atoms with Gasteiger partial charge in [-0.3, -0.25) is 34.2 Å². The van der Waals surface area contributed by atoms with E-state index in [1.165, 1.54) is 0 Å². The van der Waals surface area contributed by atoms with E-state index >= 15 is 0 Å². The first-order valence-corrected chi connectivity index (χ1v) is 24.9. The average Bonchev–Trinajstić information content (AvgIpc) is 4.01. The lowest BCUT2D eigenvalue weighted by molar-refractivity contribution is -0.142. The van der Waals surface area contributed by atoms with Crippen molar-refractivity contribution in [1.29, 1.82) is 0 Å². The summed E-state index contributed by atoms with van der Waals surface area (Å²) in [5.41, 5.74) is 2.64. The second kappa shape index (κ2) is 21.1. The molecule has 63 heavy (non-hydrogen) atoms. The largest absolute Gasteiger partial charge is 0.480 e. The number of hydrogen-bond donors (Lipinski definition) is 5. The highest BCUT2D eigenvalue weighted by Crippen LogP contribution is 2.27. The maximum atomic E-state index is 13.4. The van der Waals surface area contributed by atoms with Gasteiger partial charge < -0.3 is 15.7 Å². The molecule has 0 bridgehead atoms. The Morgan fingerprint density at radius 2 is 1.11 bits per heavy atom. The summed E-state index contributed by atoms with van der Waals surface area (Å²) >= 11 is 3.09. The van der Waals surface area contributed by atoms with Crippen LogP contribution >= 0.6 is 22.7 Å². The molecule has 2 aromatic carbocycles. The van der Waals surface area contributed by atoms with Gasteiger partial charge in [-0.15, -0.1) is 22.7 Å². The lowest BCUT2D eigenvalue weighted by atomic mass is 10.0. The van der Waals surface area contributed by atoms with Gasteiger partial charge in [-0.1, -0.05) is 39.8 Å². The second-order valence-corrected chi connectivity index (χ2v) is 21.6. The molecule has 2 fully saturated rings. The third-order valence-electron chi connectivity index (χ3n) is 10.2. The molecule has 2 atom stereocenters. The summed E-state index contributed by atoms with van der Waals surface area (Å²) in [6.07, 6.45) is 0.258. The Morgan fingerprint density at radius 1 is 0.698 bits per heavy atom. The Hall–Kier alpha value is -5.04. The SMILES string of the molecule is CC(C)C[C@H](C(=O)NO)N(CCN1C(=O)CNC1=O)S(=O)(=O)Cc1ccc2sccc2c1.CC(C)C[C@H](C(=O)O)N(CCN1C(=O)CNC1=O)S(=O)(=O)Cc1ccc2sccc2c1. The number of hydrogen-bond acceptors (Lipinski definition) is 13. The van der Waals surface area contributed by atoms with Crippen molar-refractivity contribution in [3.05, 3.63) is 70.4 Å². The molecule has 2 aliphatic rings. The molecule has 0 aliphatic carbocycles. The van der Waals surface area contributed by atoms with E-state index in [0.29, 0.717) is 11.1 Å². The molecule has 23 heteroatoms. The predicted octanol–water partition coefficient (Wildman–Crippen LogP) is 3.59. The number of nitrogens with one attached hydrogen (secondary N) is 3.